The van der Waals surface area contributed by atoms with Crippen LogP contribution in [0.15, 0.2) is 66.1 Å². The summed E-state index contributed by atoms with van der Waals surface area (Å²) in [4.78, 5) is 23.8. The summed E-state index contributed by atoms with van der Waals surface area (Å²) in [7, 11) is 0. The number of thiazole rings is 1. The summed E-state index contributed by atoms with van der Waals surface area (Å²) in [5.74, 6) is -0.0197. The summed E-state index contributed by atoms with van der Waals surface area (Å²) in [6.07, 6.45) is 4.44. The Morgan fingerprint density at radius 1 is 1.06 bits per heavy atom. The zero-order valence-corrected chi connectivity index (χ0v) is 19.6. The molecule has 0 saturated carbocycles. The lowest BCUT2D eigenvalue weighted by Gasteiger charge is -2.33. The Kier molecular flexibility index (Phi) is 7.47. The van der Waals surface area contributed by atoms with Crippen molar-refractivity contribution in [2.75, 3.05) is 37.6 Å². The van der Waals surface area contributed by atoms with Gasteiger partial charge in [-0.2, -0.15) is 0 Å². The molecule has 1 aliphatic rings. The summed E-state index contributed by atoms with van der Waals surface area (Å²) in [6, 6.07) is 18.4. The second-order valence-corrected chi connectivity index (χ2v) is 9.04. The van der Waals surface area contributed by atoms with Crippen LogP contribution in [-0.4, -0.2) is 53.4 Å². The van der Waals surface area contributed by atoms with Gasteiger partial charge in [-0.3, -0.25) is 19.5 Å². The minimum absolute atomic E-state index is 0.0197. The molecule has 4 rings (SSSR count). The third-order valence-corrected chi connectivity index (χ3v) is 6.50. The molecule has 2 heterocycles. The van der Waals surface area contributed by atoms with Crippen molar-refractivity contribution in [2.24, 2.45) is 0 Å². The molecule has 32 heavy (non-hydrogen) atoms. The standard InChI is InChI=1S/C26H30N4OS/c1-21-8-6-12-25(18-21)30(22(2)31)26-27-24(20-32-26)19-29-16-14-28(15-17-29)13-7-11-23-9-4-3-5-10-23/h3-12,18,20H,13-17,19H2,1-2H3. The van der Waals surface area contributed by atoms with E-state index in [1.54, 1.807) is 11.8 Å². The molecule has 0 radical (unpaired) electrons. The third-order valence-electron chi connectivity index (χ3n) is 5.63. The fourth-order valence-electron chi connectivity index (χ4n) is 3.93. The van der Waals surface area contributed by atoms with E-state index in [1.165, 1.54) is 16.9 Å². The quantitative estimate of drug-likeness (QED) is 0.514. The van der Waals surface area contributed by atoms with Gasteiger partial charge in [0.25, 0.3) is 0 Å². The molecule has 5 nitrogen and oxygen atoms in total. The van der Waals surface area contributed by atoms with Gasteiger partial charge in [0, 0.05) is 51.6 Å². The molecule has 0 bridgehead atoms. The van der Waals surface area contributed by atoms with Crippen molar-refractivity contribution in [3.8, 4) is 0 Å². The lowest BCUT2D eigenvalue weighted by Crippen LogP contribution is -2.45. The van der Waals surface area contributed by atoms with Crippen molar-refractivity contribution >= 4 is 34.1 Å². The molecule has 2 aromatic carbocycles. The van der Waals surface area contributed by atoms with Crippen LogP contribution in [0.2, 0.25) is 0 Å². The minimum atomic E-state index is -0.0197. The molecule has 0 unspecified atom stereocenters. The second kappa shape index (κ2) is 10.7. The van der Waals surface area contributed by atoms with Crippen LogP contribution in [0.5, 0.6) is 0 Å². The van der Waals surface area contributed by atoms with E-state index in [0.717, 1.165) is 61.3 Å². The highest BCUT2D eigenvalue weighted by Gasteiger charge is 2.20. The molecule has 1 amide bonds. The third kappa shape index (κ3) is 5.91. The molecule has 0 spiro atoms. The zero-order chi connectivity index (χ0) is 22.3. The summed E-state index contributed by atoms with van der Waals surface area (Å²) in [6.45, 7) is 9.59. The number of benzene rings is 2. The van der Waals surface area contributed by atoms with Gasteiger partial charge in [0.1, 0.15) is 0 Å². The van der Waals surface area contributed by atoms with Crippen LogP contribution in [0.25, 0.3) is 6.08 Å². The second-order valence-electron chi connectivity index (χ2n) is 8.20. The Labute approximate surface area is 194 Å². The van der Waals surface area contributed by atoms with Crippen molar-refractivity contribution in [3.63, 3.8) is 0 Å². The van der Waals surface area contributed by atoms with Crippen LogP contribution in [0.1, 0.15) is 23.7 Å². The molecule has 1 aromatic heterocycles. The van der Waals surface area contributed by atoms with E-state index in [9.17, 15) is 4.79 Å². The van der Waals surface area contributed by atoms with E-state index < -0.39 is 0 Å². The summed E-state index contributed by atoms with van der Waals surface area (Å²) in [5.41, 5.74) is 4.27. The van der Waals surface area contributed by atoms with Gasteiger partial charge in [0.05, 0.1) is 11.4 Å². The van der Waals surface area contributed by atoms with E-state index in [4.69, 9.17) is 4.98 Å². The first kappa shape index (κ1) is 22.4. The molecule has 166 valence electrons. The fraction of sp³-hybridized carbons (Fsp3) is 0.308. The highest BCUT2D eigenvalue weighted by molar-refractivity contribution is 7.14. The van der Waals surface area contributed by atoms with Crippen LogP contribution < -0.4 is 4.90 Å². The van der Waals surface area contributed by atoms with E-state index in [-0.39, 0.29) is 5.91 Å². The molecule has 0 aliphatic carbocycles. The number of carbonyl (C=O) groups is 1. The normalized spacial score (nSPS) is 15.3. The van der Waals surface area contributed by atoms with Gasteiger partial charge < -0.3 is 0 Å². The number of hydrogen-bond acceptors (Lipinski definition) is 5. The molecule has 3 aromatic rings. The number of amides is 1. The maximum atomic E-state index is 12.3. The zero-order valence-electron chi connectivity index (χ0n) is 18.8. The van der Waals surface area contributed by atoms with E-state index in [0.29, 0.717) is 0 Å². The summed E-state index contributed by atoms with van der Waals surface area (Å²) < 4.78 is 0. The van der Waals surface area contributed by atoms with Crippen LogP contribution in [0.4, 0.5) is 10.8 Å². The van der Waals surface area contributed by atoms with Gasteiger partial charge in [-0.15, -0.1) is 11.3 Å². The van der Waals surface area contributed by atoms with Crippen LogP contribution in [0.3, 0.4) is 0 Å². The van der Waals surface area contributed by atoms with Crippen molar-refractivity contribution in [1.82, 2.24) is 14.8 Å². The number of hydrogen-bond donors (Lipinski definition) is 0. The van der Waals surface area contributed by atoms with Gasteiger partial charge in [-0.25, -0.2) is 4.98 Å². The molecule has 1 fully saturated rings. The van der Waals surface area contributed by atoms with Crippen molar-refractivity contribution in [2.45, 2.75) is 20.4 Å². The number of aromatic nitrogens is 1. The lowest BCUT2D eigenvalue weighted by molar-refractivity contribution is -0.115. The van der Waals surface area contributed by atoms with Gasteiger partial charge in [-0.05, 0) is 30.2 Å². The smallest absolute Gasteiger partial charge is 0.230 e. The lowest BCUT2D eigenvalue weighted by atomic mass is 10.2. The first-order valence-electron chi connectivity index (χ1n) is 11.1. The number of piperazine rings is 1. The first-order valence-corrected chi connectivity index (χ1v) is 11.9. The number of rotatable bonds is 7. The topological polar surface area (TPSA) is 39.7 Å². The highest BCUT2D eigenvalue weighted by atomic mass is 32.1. The van der Waals surface area contributed by atoms with Crippen LogP contribution >= 0.6 is 11.3 Å². The SMILES string of the molecule is CC(=O)N(c1cccc(C)c1)c1nc(CN2CCN(CC=Cc3ccccc3)CC2)cs1. The highest BCUT2D eigenvalue weighted by Crippen LogP contribution is 2.29. The van der Waals surface area contributed by atoms with Crippen molar-refractivity contribution < 1.29 is 4.79 Å². The molecule has 6 heteroatoms. The fourth-order valence-corrected chi connectivity index (χ4v) is 4.80. The predicted molar refractivity (Wildman–Crippen MR) is 133 cm³/mol. The summed E-state index contributed by atoms with van der Waals surface area (Å²) >= 11 is 1.53. The van der Waals surface area contributed by atoms with Crippen LogP contribution in [-0.2, 0) is 11.3 Å². The largest absolute Gasteiger partial charge is 0.297 e. The Morgan fingerprint density at radius 2 is 1.81 bits per heavy atom. The monoisotopic (exact) mass is 446 g/mol. The maximum Gasteiger partial charge on any atom is 0.230 e. The molecule has 1 saturated heterocycles. The van der Waals surface area contributed by atoms with Gasteiger partial charge in [-0.1, -0.05) is 54.6 Å². The molecular formula is C26H30N4OS. The molecular weight excluding hydrogens is 416 g/mol. The van der Waals surface area contributed by atoms with Gasteiger partial charge in [0.15, 0.2) is 5.13 Å². The minimum Gasteiger partial charge on any atom is -0.297 e. The van der Waals surface area contributed by atoms with Gasteiger partial charge in [0.2, 0.25) is 5.91 Å². The predicted octanol–water partition coefficient (Wildman–Crippen LogP) is 4.97. The number of carbonyl (C=O) groups excluding carboxylic acids is 1. The average molecular weight is 447 g/mol. The summed E-state index contributed by atoms with van der Waals surface area (Å²) in [5, 5.41) is 2.82. The van der Waals surface area contributed by atoms with E-state index >= 15 is 0 Å². The molecule has 1 aliphatic heterocycles. The maximum absolute atomic E-state index is 12.3. The van der Waals surface area contributed by atoms with Gasteiger partial charge >= 0.3 is 0 Å². The average Bonchev–Trinajstić information content (AvgIpc) is 3.23. The molecule has 0 atom stereocenters. The Morgan fingerprint density at radius 3 is 2.53 bits per heavy atom. The van der Waals surface area contributed by atoms with Crippen molar-refractivity contribution in [3.05, 3.63) is 82.9 Å². The molecule has 0 N–H and O–H groups in total. The number of aryl methyl sites for hydroxylation is 1. The van der Waals surface area contributed by atoms with E-state index in [1.807, 2.05) is 37.3 Å². The van der Waals surface area contributed by atoms with E-state index in [2.05, 4.69) is 51.6 Å². The number of anilines is 2. The van der Waals surface area contributed by atoms with Crippen LogP contribution in [0, 0.1) is 6.92 Å². The number of nitrogens with zero attached hydrogens (tertiary/aromatic N) is 4. The Balaban J connectivity index is 1.30. The Bertz CT molecular complexity index is 1050. The Hall–Kier alpha value is -2.80. The first-order chi connectivity index (χ1) is 15.6. The van der Waals surface area contributed by atoms with Crippen molar-refractivity contribution in [1.29, 1.82) is 0 Å².